The molecule has 0 saturated heterocycles. The molecule has 1 atom stereocenters. The van der Waals surface area contributed by atoms with E-state index in [9.17, 15) is 4.79 Å². The van der Waals surface area contributed by atoms with Crippen molar-refractivity contribution in [2.24, 2.45) is 0 Å². The van der Waals surface area contributed by atoms with Crippen LogP contribution in [-0.2, 0) is 6.42 Å². The summed E-state index contributed by atoms with van der Waals surface area (Å²) in [6, 6.07) is 11.7. The number of aromatic nitrogens is 1. The molecule has 4 nitrogen and oxygen atoms in total. The normalized spacial score (nSPS) is 17.4. The van der Waals surface area contributed by atoms with Gasteiger partial charge in [0.25, 0.3) is 0 Å². The van der Waals surface area contributed by atoms with E-state index in [1.807, 2.05) is 30.3 Å². The van der Waals surface area contributed by atoms with Crippen molar-refractivity contribution in [1.82, 2.24) is 4.98 Å². The third-order valence-electron chi connectivity index (χ3n) is 3.74. The van der Waals surface area contributed by atoms with E-state index < -0.39 is 0 Å². The molecule has 0 bridgehead atoms. The number of hydrogen-bond acceptors (Lipinski definition) is 3. The van der Waals surface area contributed by atoms with Crippen LogP contribution < -0.4 is 15.6 Å². The van der Waals surface area contributed by atoms with Crippen molar-refractivity contribution >= 4 is 5.69 Å². The summed E-state index contributed by atoms with van der Waals surface area (Å²) in [6.45, 7) is 0. The van der Waals surface area contributed by atoms with Gasteiger partial charge in [0.1, 0.15) is 5.75 Å². The number of ether oxygens (including phenoxy) is 1. The summed E-state index contributed by atoms with van der Waals surface area (Å²) < 4.78 is 5.24. The fraction of sp³-hybridized carbons (Fsp3) is 0.312. The SMILES string of the molecule is COc1cccc(NC2CCCc3[nH]c(=O)ccc32)c1. The number of rotatable bonds is 3. The van der Waals surface area contributed by atoms with Crippen LogP contribution in [0.2, 0.25) is 0 Å². The summed E-state index contributed by atoms with van der Waals surface area (Å²) in [5.74, 6) is 0.840. The lowest BCUT2D eigenvalue weighted by Gasteiger charge is -2.26. The lowest BCUT2D eigenvalue weighted by Crippen LogP contribution is -2.21. The summed E-state index contributed by atoms with van der Waals surface area (Å²) >= 11 is 0. The Bertz CT molecular complexity index is 664. The molecule has 0 amide bonds. The van der Waals surface area contributed by atoms with Gasteiger partial charge in [-0.1, -0.05) is 6.07 Å². The standard InChI is InChI=1S/C16H18N2O2/c1-20-12-5-2-4-11(10-12)17-14-6-3-7-15-13(14)8-9-16(19)18-15/h2,4-5,8-10,14,17H,3,6-7H2,1H3,(H,18,19). The summed E-state index contributed by atoms with van der Waals surface area (Å²) in [6.07, 6.45) is 3.09. The van der Waals surface area contributed by atoms with Gasteiger partial charge in [-0.05, 0) is 43.0 Å². The first-order valence-electron chi connectivity index (χ1n) is 6.89. The molecule has 4 heteroatoms. The van der Waals surface area contributed by atoms with Crippen molar-refractivity contribution in [2.75, 3.05) is 12.4 Å². The highest BCUT2D eigenvalue weighted by atomic mass is 16.5. The molecule has 2 N–H and O–H groups in total. The summed E-state index contributed by atoms with van der Waals surface area (Å²) in [5.41, 5.74) is 3.27. The zero-order chi connectivity index (χ0) is 13.9. The van der Waals surface area contributed by atoms with Gasteiger partial charge in [0.15, 0.2) is 0 Å². The van der Waals surface area contributed by atoms with Crippen molar-refractivity contribution < 1.29 is 4.74 Å². The van der Waals surface area contributed by atoms with E-state index in [0.717, 1.165) is 36.4 Å². The molecule has 0 fully saturated rings. The Kier molecular flexibility index (Phi) is 3.46. The third-order valence-corrected chi connectivity index (χ3v) is 3.74. The third kappa shape index (κ3) is 2.54. The average molecular weight is 270 g/mol. The fourth-order valence-electron chi connectivity index (χ4n) is 2.76. The van der Waals surface area contributed by atoms with Crippen molar-refractivity contribution in [1.29, 1.82) is 0 Å². The number of fused-ring (bicyclic) bond motifs is 1. The maximum Gasteiger partial charge on any atom is 0.248 e. The van der Waals surface area contributed by atoms with Gasteiger partial charge in [0, 0.05) is 23.5 Å². The first kappa shape index (κ1) is 12.8. The first-order valence-corrected chi connectivity index (χ1v) is 6.89. The monoisotopic (exact) mass is 270 g/mol. The van der Waals surface area contributed by atoms with Crippen molar-refractivity contribution in [3.63, 3.8) is 0 Å². The Morgan fingerprint density at radius 3 is 3.05 bits per heavy atom. The van der Waals surface area contributed by atoms with Crippen LogP contribution in [0.3, 0.4) is 0 Å². The quantitative estimate of drug-likeness (QED) is 0.901. The van der Waals surface area contributed by atoms with Crippen LogP contribution in [0, 0.1) is 0 Å². The van der Waals surface area contributed by atoms with E-state index in [0.29, 0.717) is 0 Å². The summed E-state index contributed by atoms with van der Waals surface area (Å²) in [5, 5.41) is 3.53. The van der Waals surface area contributed by atoms with E-state index in [-0.39, 0.29) is 11.6 Å². The lowest BCUT2D eigenvalue weighted by atomic mass is 9.91. The number of benzene rings is 1. The first-order chi connectivity index (χ1) is 9.76. The van der Waals surface area contributed by atoms with Crippen LogP contribution in [-0.4, -0.2) is 12.1 Å². The largest absolute Gasteiger partial charge is 0.497 e. The number of anilines is 1. The van der Waals surface area contributed by atoms with E-state index in [1.54, 1.807) is 13.2 Å². The zero-order valence-electron chi connectivity index (χ0n) is 11.5. The summed E-state index contributed by atoms with van der Waals surface area (Å²) in [4.78, 5) is 14.3. The molecule has 2 aromatic rings. The van der Waals surface area contributed by atoms with Gasteiger partial charge in [-0.2, -0.15) is 0 Å². The minimum Gasteiger partial charge on any atom is -0.497 e. The van der Waals surface area contributed by atoms with Crippen LogP contribution in [0.5, 0.6) is 5.75 Å². The van der Waals surface area contributed by atoms with Crippen molar-refractivity contribution in [2.45, 2.75) is 25.3 Å². The topological polar surface area (TPSA) is 54.1 Å². The van der Waals surface area contributed by atoms with E-state index in [1.165, 1.54) is 5.56 Å². The highest BCUT2D eigenvalue weighted by molar-refractivity contribution is 5.50. The van der Waals surface area contributed by atoms with Crippen LogP contribution in [0.15, 0.2) is 41.2 Å². The van der Waals surface area contributed by atoms with E-state index in [2.05, 4.69) is 10.3 Å². The van der Waals surface area contributed by atoms with Gasteiger partial charge in [-0.3, -0.25) is 4.79 Å². The predicted molar refractivity (Wildman–Crippen MR) is 79.4 cm³/mol. The molecule has 0 aliphatic heterocycles. The van der Waals surface area contributed by atoms with Gasteiger partial charge in [0.05, 0.1) is 13.2 Å². The van der Waals surface area contributed by atoms with Gasteiger partial charge < -0.3 is 15.0 Å². The van der Waals surface area contributed by atoms with Crippen molar-refractivity contribution in [3.8, 4) is 5.75 Å². The minimum atomic E-state index is -0.0224. The molecular formula is C16H18N2O2. The molecular weight excluding hydrogens is 252 g/mol. The number of aryl methyl sites for hydroxylation is 1. The second-order valence-electron chi connectivity index (χ2n) is 5.08. The number of H-pyrrole nitrogens is 1. The van der Waals surface area contributed by atoms with Crippen molar-refractivity contribution in [3.05, 3.63) is 58.0 Å². The average Bonchev–Trinajstić information content (AvgIpc) is 2.47. The Labute approximate surface area is 117 Å². The Morgan fingerprint density at radius 1 is 1.30 bits per heavy atom. The van der Waals surface area contributed by atoms with E-state index >= 15 is 0 Å². The smallest absolute Gasteiger partial charge is 0.248 e. The molecule has 1 aliphatic rings. The number of aromatic amines is 1. The maximum atomic E-state index is 11.4. The van der Waals surface area contributed by atoms with Gasteiger partial charge >= 0.3 is 0 Å². The lowest BCUT2D eigenvalue weighted by molar-refractivity contribution is 0.415. The number of nitrogens with one attached hydrogen (secondary N) is 2. The molecule has 1 unspecified atom stereocenters. The molecule has 1 heterocycles. The molecule has 1 aromatic heterocycles. The minimum absolute atomic E-state index is 0.0224. The Morgan fingerprint density at radius 2 is 2.20 bits per heavy atom. The second-order valence-corrected chi connectivity index (χ2v) is 5.08. The molecule has 104 valence electrons. The Hall–Kier alpha value is -2.23. The summed E-state index contributed by atoms with van der Waals surface area (Å²) in [7, 11) is 1.67. The molecule has 0 saturated carbocycles. The maximum absolute atomic E-state index is 11.4. The second kappa shape index (κ2) is 5.41. The number of pyridine rings is 1. The molecule has 0 radical (unpaired) electrons. The van der Waals surface area contributed by atoms with Gasteiger partial charge in [0.2, 0.25) is 5.56 Å². The van der Waals surface area contributed by atoms with Gasteiger partial charge in [-0.25, -0.2) is 0 Å². The molecule has 3 rings (SSSR count). The van der Waals surface area contributed by atoms with Crippen LogP contribution in [0.1, 0.15) is 30.1 Å². The number of methoxy groups -OCH3 is 1. The molecule has 0 spiro atoms. The van der Waals surface area contributed by atoms with Crippen LogP contribution in [0.25, 0.3) is 0 Å². The zero-order valence-corrected chi connectivity index (χ0v) is 11.5. The molecule has 20 heavy (non-hydrogen) atoms. The van der Waals surface area contributed by atoms with Crippen LogP contribution in [0.4, 0.5) is 5.69 Å². The highest BCUT2D eigenvalue weighted by Crippen LogP contribution is 2.31. The van der Waals surface area contributed by atoms with E-state index in [4.69, 9.17) is 4.74 Å². The Balaban J connectivity index is 1.87. The van der Waals surface area contributed by atoms with Crippen LogP contribution >= 0.6 is 0 Å². The van der Waals surface area contributed by atoms with Gasteiger partial charge in [-0.15, -0.1) is 0 Å². The number of hydrogen-bond donors (Lipinski definition) is 2. The fourth-order valence-corrected chi connectivity index (χ4v) is 2.76. The predicted octanol–water partition coefficient (Wildman–Crippen LogP) is 2.87. The molecule has 1 aliphatic carbocycles. The highest BCUT2D eigenvalue weighted by Gasteiger charge is 2.20. The molecule has 1 aromatic carbocycles.